The van der Waals surface area contributed by atoms with E-state index in [1.165, 1.54) is 0 Å². The summed E-state index contributed by atoms with van der Waals surface area (Å²) in [5.41, 5.74) is 0.967. The predicted octanol–water partition coefficient (Wildman–Crippen LogP) is 2.14. The molecule has 0 radical (unpaired) electrons. The third-order valence-electron chi connectivity index (χ3n) is 5.06. The summed E-state index contributed by atoms with van der Waals surface area (Å²) in [7, 11) is 0. The van der Waals surface area contributed by atoms with Gasteiger partial charge in [0.1, 0.15) is 18.2 Å². The Bertz CT molecular complexity index is 815. The first kappa shape index (κ1) is 16.8. The number of hydrogen-bond donors (Lipinski definition) is 0. The van der Waals surface area contributed by atoms with E-state index in [0.29, 0.717) is 31.9 Å². The fraction of sp³-hybridized carbons (Fsp3) is 0.474. The van der Waals surface area contributed by atoms with Gasteiger partial charge in [-0.05, 0) is 38.3 Å². The van der Waals surface area contributed by atoms with Crippen LogP contribution >= 0.6 is 0 Å². The van der Waals surface area contributed by atoms with Crippen LogP contribution in [-0.2, 0) is 24.4 Å². The molecule has 7 nitrogen and oxygen atoms in total. The molecule has 0 spiro atoms. The second-order valence-electron chi connectivity index (χ2n) is 6.83. The summed E-state index contributed by atoms with van der Waals surface area (Å²) in [5.74, 6) is 2.59. The second-order valence-corrected chi connectivity index (χ2v) is 6.83. The minimum absolute atomic E-state index is 0.113. The first-order valence-electron chi connectivity index (χ1n) is 9.16. The van der Waals surface area contributed by atoms with Gasteiger partial charge in [-0.25, -0.2) is 0 Å². The van der Waals surface area contributed by atoms with Gasteiger partial charge >= 0.3 is 0 Å². The minimum Gasteiger partial charge on any atom is -0.484 e. The number of carbonyl (C=O) groups excluding carboxylic acids is 1. The molecule has 4 rings (SSSR count). The van der Waals surface area contributed by atoms with Gasteiger partial charge in [-0.1, -0.05) is 6.08 Å². The van der Waals surface area contributed by atoms with Gasteiger partial charge in [0.05, 0.1) is 6.20 Å². The van der Waals surface area contributed by atoms with Crippen LogP contribution in [0.5, 0.6) is 5.75 Å². The van der Waals surface area contributed by atoms with Crippen molar-refractivity contribution in [2.45, 2.75) is 51.8 Å². The normalized spacial score (nSPS) is 19.7. The van der Waals surface area contributed by atoms with Gasteiger partial charge in [-0.3, -0.25) is 9.78 Å². The summed E-state index contributed by atoms with van der Waals surface area (Å²) in [5, 5.41) is 8.62. The highest BCUT2D eigenvalue weighted by atomic mass is 16.5. The molecule has 1 atom stereocenters. The van der Waals surface area contributed by atoms with Crippen molar-refractivity contribution in [3.05, 3.63) is 47.8 Å². The van der Waals surface area contributed by atoms with E-state index >= 15 is 0 Å². The number of allylic oxidation sites excluding steroid dienone is 1. The van der Waals surface area contributed by atoms with Crippen molar-refractivity contribution in [2.75, 3.05) is 6.54 Å². The molecule has 1 amide bonds. The van der Waals surface area contributed by atoms with Crippen molar-refractivity contribution in [3.63, 3.8) is 0 Å². The Hall–Kier alpha value is -2.70. The number of carbonyl (C=O) groups is 1. The van der Waals surface area contributed by atoms with E-state index in [-0.39, 0.29) is 11.9 Å². The molecule has 3 heterocycles. The molecule has 0 aromatic carbocycles. The van der Waals surface area contributed by atoms with Crippen LogP contribution in [0, 0.1) is 0 Å². The number of amides is 1. The highest BCUT2D eigenvalue weighted by molar-refractivity contribution is 5.94. The molecule has 0 saturated carbocycles. The van der Waals surface area contributed by atoms with Crippen molar-refractivity contribution in [1.82, 2.24) is 24.6 Å². The summed E-state index contributed by atoms with van der Waals surface area (Å²) in [6.07, 6.45) is 9.19. The maximum Gasteiger partial charge on any atom is 0.249 e. The van der Waals surface area contributed by atoms with Crippen molar-refractivity contribution >= 4 is 5.91 Å². The topological polar surface area (TPSA) is 73.1 Å². The first-order chi connectivity index (χ1) is 12.7. The van der Waals surface area contributed by atoms with Gasteiger partial charge in [0.2, 0.25) is 5.91 Å². The monoisotopic (exact) mass is 353 g/mol. The molecular weight excluding hydrogens is 330 g/mol. The van der Waals surface area contributed by atoms with Crippen LogP contribution in [0.25, 0.3) is 0 Å². The summed E-state index contributed by atoms with van der Waals surface area (Å²) in [6.45, 7) is 3.79. The molecule has 2 aliphatic rings. The molecule has 2 aromatic heterocycles. The highest BCUT2D eigenvalue weighted by Crippen LogP contribution is 2.23. The maximum absolute atomic E-state index is 12.8. The number of fused-ring (bicyclic) bond motifs is 1. The van der Waals surface area contributed by atoms with Crippen LogP contribution in [0.15, 0.2) is 36.2 Å². The summed E-state index contributed by atoms with van der Waals surface area (Å²) in [6, 6.07) is 3.81. The van der Waals surface area contributed by atoms with Crippen molar-refractivity contribution < 1.29 is 9.53 Å². The van der Waals surface area contributed by atoms with Crippen LogP contribution in [-0.4, -0.2) is 43.1 Å². The third kappa shape index (κ3) is 3.34. The second kappa shape index (κ2) is 7.27. The summed E-state index contributed by atoms with van der Waals surface area (Å²) in [4.78, 5) is 18.8. The van der Waals surface area contributed by atoms with Crippen LogP contribution < -0.4 is 4.74 Å². The largest absolute Gasteiger partial charge is 0.484 e. The zero-order valence-corrected chi connectivity index (χ0v) is 15.0. The summed E-state index contributed by atoms with van der Waals surface area (Å²) >= 11 is 0. The van der Waals surface area contributed by atoms with E-state index in [0.717, 1.165) is 36.5 Å². The Morgan fingerprint density at radius 2 is 2.27 bits per heavy atom. The number of aromatic nitrogens is 4. The fourth-order valence-electron chi connectivity index (χ4n) is 3.62. The molecule has 0 unspecified atom stereocenters. The Kier molecular flexibility index (Phi) is 4.69. The van der Waals surface area contributed by atoms with E-state index in [1.54, 1.807) is 12.4 Å². The van der Waals surface area contributed by atoms with Gasteiger partial charge in [0, 0.05) is 37.3 Å². The number of pyridine rings is 1. The first-order valence-corrected chi connectivity index (χ1v) is 9.16. The lowest BCUT2D eigenvalue weighted by Gasteiger charge is -2.27. The van der Waals surface area contributed by atoms with E-state index in [2.05, 4.69) is 32.7 Å². The number of ether oxygens (including phenoxy) is 1. The SMILES string of the molecule is C[C@H]1Cc2nnc(COc3cccnc3)n2CCN1C(=O)C1=CCCC1. The van der Waals surface area contributed by atoms with Gasteiger partial charge in [-0.2, -0.15) is 0 Å². The molecule has 0 bridgehead atoms. The van der Waals surface area contributed by atoms with Crippen LogP contribution in [0.3, 0.4) is 0 Å². The number of nitrogens with zero attached hydrogens (tertiary/aromatic N) is 5. The zero-order chi connectivity index (χ0) is 17.9. The number of hydrogen-bond acceptors (Lipinski definition) is 5. The molecule has 136 valence electrons. The molecular formula is C19H23N5O2. The Morgan fingerprint density at radius 1 is 1.35 bits per heavy atom. The van der Waals surface area contributed by atoms with E-state index < -0.39 is 0 Å². The van der Waals surface area contributed by atoms with E-state index in [1.807, 2.05) is 17.0 Å². The molecule has 0 saturated heterocycles. The van der Waals surface area contributed by atoms with E-state index in [4.69, 9.17) is 4.74 Å². The average Bonchev–Trinajstić information content (AvgIpc) is 3.28. The van der Waals surface area contributed by atoms with Crippen LogP contribution in [0.4, 0.5) is 0 Å². The average molecular weight is 353 g/mol. The van der Waals surface area contributed by atoms with Crippen molar-refractivity contribution in [3.8, 4) is 5.75 Å². The van der Waals surface area contributed by atoms with Gasteiger partial charge in [0.15, 0.2) is 5.82 Å². The van der Waals surface area contributed by atoms with E-state index in [9.17, 15) is 4.79 Å². The summed E-state index contributed by atoms with van der Waals surface area (Å²) < 4.78 is 7.85. The Balaban J connectivity index is 1.46. The molecule has 2 aromatic rings. The molecule has 0 N–H and O–H groups in total. The van der Waals surface area contributed by atoms with Gasteiger partial charge < -0.3 is 14.2 Å². The molecule has 26 heavy (non-hydrogen) atoms. The Labute approximate surface area is 152 Å². The smallest absolute Gasteiger partial charge is 0.249 e. The molecule has 0 fully saturated rings. The standard InChI is InChI=1S/C19H23N5O2/c1-14-11-17-21-22-18(13-26-16-7-4-8-20-12-16)24(17)10-9-23(14)19(25)15-5-2-3-6-15/h4-5,7-8,12,14H,2-3,6,9-11,13H2,1H3/t14-/m0/s1. The quantitative estimate of drug-likeness (QED) is 0.842. The highest BCUT2D eigenvalue weighted by Gasteiger charge is 2.29. The molecule has 7 heteroatoms. The minimum atomic E-state index is 0.113. The van der Waals surface area contributed by atoms with Crippen molar-refractivity contribution in [2.24, 2.45) is 0 Å². The molecule has 1 aliphatic heterocycles. The van der Waals surface area contributed by atoms with Gasteiger partial charge in [0.25, 0.3) is 0 Å². The predicted molar refractivity (Wildman–Crippen MR) is 95.4 cm³/mol. The van der Waals surface area contributed by atoms with Crippen LogP contribution in [0.1, 0.15) is 37.8 Å². The maximum atomic E-state index is 12.8. The lowest BCUT2D eigenvalue weighted by molar-refractivity contribution is -0.129. The lowest BCUT2D eigenvalue weighted by atomic mass is 10.1. The fourth-order valence-corrected chi connectivity index (χ4v) is 3.62. The third-order valence-corrected chi connectivity index (χ3v) is 5.06. The Morgan fingerprint density at radius 3 is 3.04 bits per heavy atom. The lowest BCUT2D eigenvalue weighted by Crippen LogP contribution is -2.40. The molecule has 1 aliphatic carbocycles. The van der Waals surface area contributed by atoms with Crippen molar-refractivity contribution in [1.29, 1.82) is 0 Å². The zero-order valence-electron chi connectivity index (χ0n) is 15.0. The van der Waals surface area contributed by atoms with Crippen LogP contribution in [0.2, 0.25) is 0 Å². The van der Waals surface area contributed by atoms with Gasteiger partial charge in [-0.15, -0.1) is 10.2 Å². The number of rotatable bonds is 4.